The zero-order valence-electron chi connectivity index (χ0n) is 11.3. The molecule has 3 fully saturated rings. The number of nitrogens with one attached hydrogen (secondary N) is 1. The standard InChI is InChI=1S/C14H26N4/c15-13(16)9-14(4-5-14)11-17-7-8-18-6-2-1-3-12(18)10-17/h12H,1-11H2,(H3,15,16). The third kappa shape index (κ3) is 2.69. The van der Waals surface area contributed by atoms with Gasteiger partial charge in [-0.25, -0.2) is 0 Å². The summed E-state index contributed by atoms with van der Waals surface area (Å²) >= 11 is 0. The molecule has 1 saturated carbocycles. The van der Waals surface area contributed by atoms with Crippen molar-refractivity contribution >= 4 is 5.84 Å². The van der Waals surface area contributed by atoms with Crippen molar-refractivity contribution in [3.8, 4) is 0 Å². The van der Waals surface area contributed by atoms with Gasteiger partial charge in [0.1, 0.15) is 0 Å². The van der Waals surface area contributed by atoms with Crippen molar-refractivity contribution in [1.29, 1.82) is 5.41 Å². The summed E-state index contributed by atoms with van der Waals surface area (Å²) < 4.78 is 0. The Bertz CT molecular complexity index is 324. The zero-order valence-corrected chi connectivity index (χ0v) is 11.3. The number of nitrogens with two attached hydrogens (primary N) is 1. The van der Waals surface area contributed by atoms with Gasteiger partial charge in [-0.05, 0) is 37.6 Å². The monoisotopic (exact) mass is 250 g/mol. The number of hydrogen-bond acceptors (Lipinski definition) is 3. The Morgan fingerprint density at radius 1 is 1.22 bits per heavy atom. The van der Waals surface area contributed by atoms with Crippen LogP contribution in [0.15, 0.2) is 0 Å². The van der Waals surface area contributed by atoms with E-state index in [9.17, 15) is 0 Å². The molecular weight excluding hydrogens is 224 g/mol. The first kappa shape index (κ1) is 12.4. The number of rotatable bonds is 4. The number of amidine groups is 1. The van der Waals surface area contributed by atoms with Crippen molar-refractivity contribution in [3.63, 3.8) is 0 Å². The number of piperazine rings is 1. The van der Waals surface area contributed by atoms with Crippen molar-refractivity contribution in [2.75, 3.05) is 32.7 Å². The number of piperidine rings is 1. The minimum Gasteiger partial charge on any atom is -0.388 e. The van der Waals surface area contributed by atoms with Gasteiger partial charge in [0.2, 0.25) is 0 Å². The van der Waals surface area contributed by atoms with Crippen LogP contribution in [0.3, 0.4) is 0 Å². The highest BCUT2D eigenvalue weighted by Crippen LogP contribution is 2.49. The largest absolute Gasteiger partial charge is 0.388 e. The van der Waals surface area contributed by atoms with Crippen LogP contribution < -0.4 is 5.73 Å². The molecule has 2 saturated heterocycles. The molecule has 1 unspecified atom stereocenters. The van der Waals surface area contributed by atoms with Gasteiger partial charge in [0.15, 0.2) is 0 Å². The predicted octanol–water partition coefficient (Wildman–Crippen LogP) is 1.26. The number of hydrogen-bond donors (Lipinski definition) is 2. The molecule has 1 atom stereocenters. The molecule has 0 spiro atoms. The van der Waals surface area contributed by atoms with Crippen LogP contribution in [0.5, 0.6) is 0 Å². The molecule has 0 bridgehead atoms. The molecule has 3 rings (SSSR count). The van der Waals surface area contributed by atoms with E-state index in [1.165, 1.54) is 64.8 Å². The summed E-state index contributed by atoms with van der Waals surface area (Å²) in [7, 11) is 0. The minimum atomic E-state index is 0.378. The van der Waals surface area contributed by atoms with E-state index in [4.69, 9.17) is 11.1 Å². The van der Waals surface area contributed by atoms with Crippen LogP contribution in [0, 0.1) is 10.8 Å². The lowest BCUT2D eigenvalue weighted by Gasteiger charge is -2.45. The van der Waals surface area contributed by atoms with Crippen molar-refractivity contribution in [2.24, 2.45) is 11.1 Å². The van der Waals surface area contributed by atoms with E-state index in [2.05, 4.69) is 9.80 Å². The molecule has 0 aromatic rings. The highest BCUT2D eigenvalue weighted by atomic mass is 15.3. The molecule has 2 heterocycles. The van der Waals surface area contributed by atoms with Gasteiger partial charge in [-0.15, -0.1) is 0 Å². The van der Waals surface area contributed by atoms with E-state index < -0.39 is 0 Å². The summed E-state index contributed by atoms with van der Waals surface area (Å²) in [4.78, 5) is 5.33. The Hall–Kier alpha value is -0.610. The van der Waals surface area contributed by atoms with E-state index in [0.717, 1.165) is 12.5 Å². The highest BCUT2D eigenvalue weighted by molar-refractivity contribution is 5.78. The maximum absolute atomic E-state index is 7.51. The third-order valence-electron chi connectivity index (χ3n) is 5.00. The maximum atomic E-state index is 7.51. The van der Waals surface area contributed by atoms with Crippen LogP contribution in [0.4, 0.5) is 0 Å². The Kier molecular flexibility index (Phi) is 3.32. The number of fused-ring (bicyclic) bond motifs is 1. The Labute approximate surface area is 110 Å². The van der Waals surface area contributed by atoms with Gasteiger partial charge < -0.3 is 5.73 Å². The van der Waals surface area contributed by atoms with Crippen molar-refractivity contribution in [3.05, 3.63) is 0 Å². The Morgan fingerprint density at radius 3 is 2.78 bits per heavy atom. The highest BCUT2D eigenvalue weighted by Gasteiger charge is 2.45. The van der Waals surface area contributed by atoms with Crippen LogP contribution in [0.2, 0.25) is 0 Å². The second-order valence-corrected chi connectivity index (χ2v) is 6.62. The fraction of sp³-hybridized carbons (Fsp3) is 0.929. The van der Waals surface area contributed by atoms with E-state index in [1.54, 1.807) is 0 Å². The quantitative estimate of drug-likeness (QED) is 0.583. The topological polar surface area (TPSA) is 56.4 Å². The minimum absolute atomic E-state index is 0.378. The summed E-state index contributed by atoms with van der Waals surface area (Å²) in [6.07, 6.45) is 7.56. The normalized spacial score (nSPS) is 31.9. The van der Waals surface area contributed by atoms with Crippen LogP contribution >= 0.6 is 0 Å². The van der Waals surface area contributed by atoms with Gasteiger partial charge >= 0.3 is 0 Å². The first-order chi connectivity index (χ1) is 8.67. The Morgan fingerprint density at radius 2 is 2.06 bits per heavy atom. The molecule has 4 nitrogen and oxygen atoms in total. The number of nitrogens with zero attached hydrogens (tertiary/aromatic N) is 2. The van der Waals surface area contributed by atoms with Crippen LogP contribution in [-0.4, -0.2) is 54.4 Å². The van der Waals surface area contributed by atoms with Crippen LogP contribution in [-0.2, 0) is 0 Å². The van der Waals surface area contributed by atoms with Crippen LogP contribution in [0.1, 0.15) is 38.5 Å². The van der Waals surface area contributed by atoms with Crippen molar-refractivity contribution in [1.82, 2.24) is 9.80 Å². The fourth-order valence-corrected chi connectivity index (χ4v) is 3.81. The van der Waals surface area contributed by atoms with Gasteiger partial charge in [0.25, 0.3) is 0 Å². The zero-order chi connectivity index (χ0) is 12.6. The van der Waals surface area contributed by atoms with Gasteiger partial charge in [0, 0.05) is 38.6 Å². The van der Waals surface area contributed by atoms with E-state index >= 15 is 0 Å². The van der Waals surface area contributed by atoms with Gasteiger partial charge in [-0.1, -0.05) is 6.42 Å². The second kappa shape index (κ2) is 4.82. The summed E-state index contributed by atoms with van der Waals surface area (Å²) in [5.74, 6) is 0.379. The molecule has 3 aliphatic rings. The molecular formula is C14H26N4. The SMILES string of the molecule is N=C(N)CC1(CN2CCN3CCCCC3C2)CC1. The molecule has 0 amide bonds. The molecule has 2 aliphatic heterocycles. The van der Waals surface area contributed by atoms with E-state index in [1.807, 2.05) is 0 Å². The molecule has 0 aromatic heterocycles. The third-order valence-corrected chi connectivity index (χ3v) is 5.00. The predicted molar refractivity (Wildman–Crippen MR) is 73.9 cm³/mol. The van der Waals surface area contributed by atoms with Crippen molar-refractivity contribution in [2.45, 2.75) is 44.6 Å². The van der Waals surface area contributed by atoms with Gasteiger partial charge in [-0.2, -0.15) is 0 Å². The summed E-state index contributed by atoms with van der Waals surface area (Å²) in [5, 5.41) is 7.51. The van der Waals surface area contributed by atoms with E-state index in [-0.39, 0.29) is 0 Å². The van der Waals surface area contributed by atoms with Gasteiger partial charge in [-0.3, -0.25) is 15.2 Å². The first-order valence-corrected chi connectivity index (χ1v) is 7.46. The lowest BCUT2D eigenvalue weighted by molar-refractivity contribution is 0.0399. The summed E-state index contributed by atoms with van der Waals surface area (Å²) in [6.45, 7) is 6.21. The summed E-state index contributed by atoms with van der Waals surface area (Å²) in [5.41, 5.74) is 5.96. The molecule has 0 radical (unpaired) electrons. The molecule has 0 aromatic carbocycles. The first-order valence-electron chi connectivity index (χ1n) is 7.46. The molecule has 4 heteroatoms. The average molecular weight is 250 g/mol. The smallest absolute Gasteiger partial charge is 0.0911 e. The summed E-state index contributed by atoms with van der Waals surface area (Å²) in [6, 6.07) is 0.806. The fourth-order valence-electron chi connectivity index (χ4n) is 3.81. The lowest BCUT2D eigenvalue weighted by atomic mass is 9.96. The second-order valence-electron chi connectivity index (χ2n) is 6.62. The lowest BCUT2D eigenvalue weighted by Crippen LogP contribution is -2.55. The van der Waals surface area contributed by atoms with Crippen LogP contribution in [0.25, 0.3) is 0 Å². The van der Waals surface area contributed by atoms with Crippen molar-refractivity contribution < 1.29 is 0 Å². The molecule has 18 heavy (non-hydrogen) atoms. The molecule has 3 N–H and O–H groups in total. The molecule has 102 valence electrons. The average Bonchev–Trinajstić information content (AvgIpc) is 3.07. The maximum Gasteiger partial charge on any atom is 0.0911 e. The van der Waals surface area contributed by atoms with E-state index in [0.29, 0.717) is 11.3 Å². The Balaban J connectivity index is 1.53. The van der Waals surface area contributed by atoms with Gasteiger partial charge in [0.05, 0.1) is 5.84 Å². The molecule has 1 aliphatic carbocycles.